The predicted octanol–water partition coefficient (Wildman–Crippen LogP) is 3.04. The van der Waals surface area contributed by atoms with Crippen molar-refractivity contribution in [1.82, 2.24) is 10.2 Å². The Hall–Kier alpha value is -2.34. The van der Waals surface area contributed by atoms with Crippen LogP contribution in [0.1, 0.15) is 18.2 Å². The van der Waals surface area contributed by atoms with Crippen molar-refractivity contribution in [2.24, 2.45) is 0 Å². The van der Waals surface area contributed by atoms with E-state index in [2.05, 4.69) is 5.32 Å². The maximum absolute atomic E-state index is 13.9. The number of benzene rings is 1. The van der Waals surface area contributed by atoms with Crippen molar-refractivity contribution in [3.05, 3.63) is 58.8 Å². The minimum Gasteiger partial charge on any atom is -0.466 e. The second-order valence-electron chi connectivity index (χ2n) is 5.12. The second-order valence-corrected chi connectivity index (χ2v) is 5.53. The van der Waals surface area contributed by atoms with Crippen molar-refractivity contribution in [3.63, 3.8) is 0 Å². The van der Waals surface area contributed by atoms with E-state index in [1.807, 2.05) is 0 Å². The van der Waals surface area contributed by atoms with Gasteiger partial charge in [0, 0.05) is 10.6 Å². The minimum absolute atomic E-state index is 0.0939. The summed E-state index contributed by atoms with van der Waals surface area (Å²) < 4.78 is 19.1. The number of carbonyl (C=O) groups is 2. The van der Waals surface area contributed by atoms with Gasteiger partial charge in [0.2, 0.25) is 0 Å². The fourth-order valence-electron chi connectivity index (χ4n) is 2.41. The maximum atomic E-state index is 13.9. The van der Waals surface area contributed by atoms with Gasteiger partial charge < -0.3 is 9.73 Å². The van der Waals surface area contributed by atoms with Crippen LogP contribution in [0.25, 0.3) is 0 Å². The molecule has 5 nitrogen and oxygen atoms in total. The molecule has 1 saturated heterocycles. The first-order chi connectivity index (χ1) is 10.4. The number of furan rings is 1. The van der Waals surface area contributed by atoms with Crippen LogP contribution in [0.3, 0.4) is 0 Å². The van der Waals surface area contributed by atoms with Gasteiger partial charge in [0.05, 0.1) is 12.8 Å². The molecule has 1 aliphatic heterocycles. The van der Waals surface area contributed by atoms with Gasteiger partial charge in [0.1, 0.15) is 11.6 Å². The third kappa shape index (κ3) is 2.16. The summed E-state index contributed by atoms with van der Waals surface area (Å²) >= 11 is 5.95. The third-order valence-electron chi connectivity index (χ3n) is 3.67. The van der Waals surface area contributed by atoms with Crippen molar-refractivity contribution in [2.75, 3.05) is 0 Å². The lowest BCUT2D eigenvalue weighted by molar-refractivity contribution is -0.132. The lowest BCUT2D eigenvalue weighted by Gasteiger charge is -2.19. The molecule has 3 rings (SSSR count). The van der Waals surface area contributed by atoms with Gasteiger partial charge in [0.15, 0.2) is 5.54 Å². The SMILES string of the molecule is CC1(c2ccco2)NC(=O)N(Cc2c(F)cccc2Cl)C1=O. The van der Waals surface area contributed by atoms with Gasteiger partial charge >= 0.3 is 6.03 Å². The summed E-state index contributed by atoms with van der Waals surface area (Å²) in [6, 6.07) is 6.78. The van der Waals surface area contributed by atoms with Crippen molar-refractivity contribution in [2.45, 2.75) is 19.0 Å². The molecule has 1 aromatic carbocycles. The zero-order valence-corrected chi connectivity index (χ0v) is 12.4. The molecule has 3 amide bonds. The average molecular weight is 323 g/mol. The van der Waals surface area contributed by atoms with E-state index in [-0.39, 0.29) is 17.1 Å². The number of carbonyl (C=O) groups excluding carboxylic acids is 2. The smallest absolute Gasteiger partial charge is 0.325 e. The number of rotatable bonds is 3. The Morgan fingerprint density at radius 2 is 2.09 bits per heavy atom. The van der Waals surface area contributed by atoms with Crippen molar-refractivity contribution < 1.29 is 18.4 Å². The van der Waals surface area contributed by atoms with E-state index >= 15 is 0 Å². The number of hydrogen-bond acceptors (Lipinski definition) is 3. The first-order valence-corrected chi connectivity index (χ1v) is 6.92. The van der Waals surface area contributed by atoms with E-state index in [1.54, 1.807) is 12.1 Å². The van der Waals surface area contributed by atoms with Gasteiger partial charge in [-0.1, -0.05) is 17.7 Å². The van der Waals surface area contributed by atoms with Crippen LogP contribution in [0.15, 0.2) is 41.0 Å². The molecule has 1 aliphatic rings. The molecule has 1 aromatic heterocycles. The second kappa shape index (κ2) is 5.14. The monoisotopic (exact) mass is 322 g/mol. The first-order valence-electron chi connectivity index (χ1n) is 6.54. The largest absolute Gasteiger partial charge is 0.466 e. The molecule has 0 bridgehead atoms. The van der Waals surface area contributed by atoms with Crippen molar-refractivity contribution in [1.29, 1.82) is 0 Å². The first kappa shape index (κ1) is 14.6. The molecule has 114 valence electrons. The van der Waals surface area contributed by atoms with E-state index in [9.17, 15) is 14.0 Å². The van der Waals surface area contributed by atoms with Gasteiger partial charge in [0.25, 0.3) is 5.91 Å². The van der Waals surface area contributed by atoms with Gasteiger partial charge in [-0.2, -0.15) is 0 Å². The van der Waals surface area contributed by atoms with Crippen LogP contribution >= 0.6 is 11.6 Å². The van der Waals surface area contributed by atoms with E-state index < -0.39 is 23.3 Å². The Labute approximate surface area is 130 Å². The van der Waals surface area contributed by atoms with E-state index in [0.29, 0.717) is 5.76 Å². The van der Waals surface area contributed by atoms with Crippen LogP contribution in [-0.4, -0.2) is 16.8 Å². The highest BCUT2D eigenvalue weighted by atomic mass is 35.5. The molecule has 0 aliphatic carbocycles. The topological polar surface area (TPSA) is 62.6 Å². The summed E-state index contributed by atoms with van der Waals surface area (Å²) in [6.07, 6.45) is 1.41. The standard InChI is InChI=1S/C15H12ClFN2O3/c1-15(12-6-3-7-22-12)13(20)19(14(21)18-15)8-9-10(16)4-2-5-11(9)17/h2-7H,8H2,1H3,(H,18,21). The lowest BCUT2D eigenvalue weighted by Crippen LogP contribution is -2.40. The average Bonchev–Trinajstić information content (AvgIpc) is 3.06. The molecule has 0 radical (unpaired) electrons. The fraction of sp³-hybridized carbons (Fsp3) is 0.200. The van der Waals surface area contributed by atoms with Crippen LogP contribution in [0.5, 0.6) is 0 Å². The number of nitrogens with one attached hydrogen (secondary N) is 1. The predicted molar refractivity (Wildman–Crippen MR) is 76.6 cm³/mol. The summed E-state index contributed by atoms with van der Waals surface area (Å²) in [7, 11) is 0. The van der Waals surface area contributed by atoms with Crippen molar-refractivity contribution in [3.8, 4) is 0 Å². The Balaban J connectivity index is 1.93. The van der Waals surface area contributed by atoms with E-state index in [0.717, 1.165) is 4.90 Å². The van der Waals surface area contributed by atoms with Gasteiger partial charge in [-0.05, 0) is 31.2 Å². The minimum atomic E-state index is -1.31. The molecule has 0 saturated carbocycles. The van der Waals surface area contributed by atoms with Crippen LogP contribution in [0, 0.1) is 5.82 Å². The molecule has 0 spiro atoms. The molecule has 1 N–H and O–H groups in total. The fourth-order valence-corrected chi connectivity index (χ4v) is 2.63. The summed E-state index contributed by atoms with van der Waals surface area (Å²) in [5, 5.41) is 2.73. The quantitative estimate of drug-likeness (QED) is 0.883. The molecule has 1 fully saturated rings. The molecule has 1 atom stereocenters. The number of hydrogen-bond donors (Lipinski definition) is 1. The molecular weight excluding hydrogens is 311 g/mol. The number of urea groups is 1. The normalized spacial score (nSPS) is 21.3. The van der Waals surface area contributed by atoms with Gasteiger partial charge in [-0.25, -0.2) is 9.18 Å². The van der Waals surface area contributed by atoms with E-state index in [1.165, 1.54) is 31.4 Å². The number of nitrogens with zero attached hydrogens (tertiary/aromatic N) is 1. The summed E-state index contributed by atoms with van der Waals surface area (Å²) in [5.41, 5.74) is -1.21. The highest BCUT2D eigenvalue weighted by Gasteiger charge is 2.51. The maximum Gasteiger partial charge on any atom is 0.325 e. The Kier molecular flexibility index (Phi) is 3.41. The Morgan fingerprint density at radius 1 is 1.32 bits per heavy atom. The molecule has 2 heterocycles. The summed E-state index contributed by atoms with van der Waals surface area (Å²) in [5.74, 6) is -0.778. The Morgan fingerprint density at radius 3 is 2.73 bits per heavy atom. The van der Waals surface area contributed by atoms with Gasteiger partial charge in [-0.15, -0.1) is 0 Å². The van der Waals surface area contributed by atoms with Crippen LogP contribution < -0.4 is 5.32 Å². The zero-order chi connectivity index (χ0) is 15.9. The Bertz CT molecular complexity index is 727. The number of amides is 3. The zero-order valence-electron chi connectivity index (χ0n) is 11.6. The van der Waals surface area contributed by atoms with E-state index in [4.69, 9.17) is 16.0 Å². The highest BCUT2D eigenvalue weighted by molar-refractivity contribution is 6.31. The highest BCUT2D eigenvalue weighted by Crippen LogP contribution is 2.31. The number of imide groups is 1. The molecule has 2 aromatic rings. The molecule has 7 heteroatoms. The third-order valence-corrected chi connectivity index (χ3v) is 4.02. The summed E-state index contributed by atoms with van der Waals surface area (Å²) in [4.78, 5) is 25.6. The van der Waals surface area contributed by atoms with Crippen LogP contribution in [0.4, 0.5) is 9.18 Å². The van der Waals surface area contributed by atoms with Gasteiger partial charge in [-0.3, -0.25) is 9.69 Å². The summed E-state index contributed by atoms with van der Waals surface area (Å²) in [6.45, 7) is 1.29. The van der Waals surface area contributed by atoms with Crippen LogP contribution in [-0.2, 0) is 16.9 Å². The van der Waals surface area contributed by atoms with Crippen molar-refractivity contribution >= 4 is 23.5 Å². The lowest BCUT2D eigenvalue weighted by atomic mass is 9.99. The number of halogens is 2. The molecule has 22 heavy (non-hydrogen) atoms. The van der Waals surface area contributed by atoms with Crippen LogP contribution in [0.2, 0.25) is 5.02 Å². The molecular formula is C15H12ClFN2O3. The molecule has 1 unspecified atom stereocenters.